The standard InChI is InChI=1S/C11H13BrN2/c1-3-4-5-10(13-2)11-7-6-9(12)8-14-11/h6-8,10,13H,5H2,1-2H3. The second-order valence-electron chi connectivity index (χ2n) is 2.87. The molecule has 1 unspecified atom stereocenters. The molecule has 0 aliphatic carbocycles. The molecule has 0 fully saturated rings. The first-order valence-electron chi connectivity index (χ1n) is 4.46. The van der Waals surface area contributed by atoms with Crippen molar-refractivity contribution in [2.45, 2.75) is 19.4 Å². The monoisotopic (exact) mass is 252 g/mol. The number of hydrogen-bond donors (Lipinski definition) is 1. The lowest BCUT2D eigenvalue weighted by molar-refractivity contribution is 0.594. The first-order chi connectivity index (χ1) is 6.77. The predicted octanol–water partition coefficient (Wildman–Crippen LogP) is 2.52. The van der Waals surface area contributed by atoms with E-state index in [1.54, 1.807) is 6.20 Å². The Labute approximate surface area is 93.3 Å². The van der Waals surface area contributed by atoms with E-state index in [0.29, 0.717) is 0 Å². The third kappa shape index (κ3) is 3.13. The van der Waals surface area contributed by atoms with E-state index in [1.165, 1.54) is 0 Å². The minimum absolute atomic E-state index is 0.218. The molecule has 1 aromatic rings. The first-order valence-corrected chi connectivity index (χ1v) is 5.25. The Balaban J connectivity index is 2.76. The van der Waals surface area contributed by atoms with Gasteiger partial charge in [0.15, 0.2) is 0 Å². The quantitative estimate of drug-likeness (QED) is 0.837. The highest BCUT2D eigenvalue weighted by Crippen LogP contribution is 2.15. The fraction of sp³-hybridized carbons (Fsp3) is 0.364. The van der Waals surface area contributed by atoms with Crippen LogP contribution in [0, 0.1) is 11.8 Å². The summed E-state index contributed by atoms with van der Waals surface area (Å²) in [6.45, 7) is 1.85. The van der Waals surface area contributed by atoms with Crippen LogP contribution in [0.2, 0.25) is 0 Å². The van der Waals surface area contributed by atoms with E-state index in [4.69, 9.17) is 0 Å². The van der Waals surface area contributed by atoms with Crippen LogP contribution in [0.3, 0.4) is 0 Å². The number of nitrogens with zero attached hydrogens (tertiary/aromatic N) is 1. The van der Waals surface area contributed by atoms with E-state index in [0.717, 1.165) is 16.6 Å². The Kier molecular flexibility index (Phi) is 4.64. The summed E-state index contributed by atoms with van der Waals surface area (Å²) in [6, 6.07) is 4.21. The number of nitrogens with one attached hydrogen (secondary N) is 1. The van der Waals surface area contributed by atoms with Crippen molar-refractivity contribution in [2.24, 2.45) is 0 Å². The molecule has 2 nitrogen and oxygen atoms in total. The number of hydrogen-bond acceptors (Lipinski definition) is 2. The van der Waals surface area contributed by atoms with Gasteiger partial charge in [-0.15, -0.1) is 11.8 Å². The molecule has 1 atom stereocenters. The van der Waals surface area contributed by atoms with Crippen LogP contribution in [0.25, 0.3) is 0 Å². The fourth-order valence-corrected chi connectivity index (χ4v) is 1.39. The van der Waals surface area contributed by atoms with Gasteiger partial charge < -0.3 is 5.32 Å². The Bertz CT molecular complexity index is 335. The lowest BCUT2D eigenvalue weighted by Gasteiger charge is -2.11. The van der Waals surface area contributed by atoms with Crippen molar-refractivity contribution >= 4 is 15.9 Å². The molecular weight excluding hydrogens is 240 g/mol. The second kappa shape index (κ2) is 5.79. The lowest BCUT2D eigenvalue weighted by atomic mass is 10.1. The molecule has 1 heterocycles. The van der Waals surface area contributed by atoms with Crippen LogP contribution < -0.4 is 5.32 Å². The summed E-state index contributed by atoms with van der Waals surface area (Å²) in [6.07, 6.45) is 2.60. The van der Waals surface area contributed by atoms with Crippen molar-refractivity contribution in [1.29, 1.82) is 0 Å². The minimum Gasteiger partial charge on any atom is -0.311 e. The van der Waals surface area contributed by atoms with Crippen LogP contribution in [0.4, 0.5) is 0 Å². The SMILES string of the molecule is CC#CCC(NC)c1ccc(Br)cn1. The zero-order valence-electron chi connectivity index (χ0n) is 8.34. The van der Waals surface area contributed by atoms with E-state index in [1.807, 2.05) is 26.1 Å². The Hall–Kier alpha value is -0.850. The van der Waals surface area contributed by atoms with Crippen LogP contribution in [-0.2, 0) is 0 Å². The highest BCUT2D eigenvalue weighted by Gasteiger charge is 2.07. The van der Waals surface area contributed by atoms with Crippen molar-refractivity contribution in [3.63, 3.8) is 0 Å². The highest BCUT2D eigenvalue weighted by molar-refractivity contribution is 9.10. The van der Waals surface area contributed by atoms with Gasteiger partial charge >= 0.3 is 0 Å². The van der Waals surface area contributed by atoms with Crippen molar-refractivity contribution < 1.29 is 0 Å². The number of aromatic nitrogens is 1. The third-order valence-corrected chi connectivity index (χ3v) is 2.41. The second-order valence-corrected chi connectivity index (χ2v) is 3.79. The summed E-state index contributed by atoms with van der Waals surface area (Å²) >= 11 is 3.36. The molecule has 1 rings (SSSR count). The largest absolute Gasteiger partial charge is 0.311 e. The van der Waals surface area contributed by atoms with Crippen molar-refractivity contribution in [3.8, 4) is 11.8 Å². The Morgan fingerprint density at radius 2 is 2.36 bits per heavy atom. The van der Waals surface area contributed by atoms with E-state index in [9.17, 15) is 0 Å². The Morgan fingerprint density at radius 1 is 1.57 bits per heavy atom. The Morgan fingerprint density at radius 3 is 2.86 bits per heavy atom. The third-order valence-electron chi connectivity index (χ3n) is 1.94. The summed E-state index contributed by atoms with van der Waals surface area (Å²) in [7, 11) is 1.92. The molecule has 3 heteroatoms. The molecule has 0 saturated heterocycles. The van der Waals surface area contributed by atoms with Gasteiger partial charge in [-0.05, 0) is 42.0 Å². The van der Waals surface area contributed by atoms with Gasteiger partial charge in [0, 0.05) is 17.1 Å². The molecule has 1 N–H and O–H groups in total. The van der Waals surface area contributed by atoms with Gasteiger partial charge in [0.2, 0.25) is 0 Å². The van der Waals surface area contributed by atoms with Gasteiger partial charge in [0.05, 0.1) is 11.7 Å². The summed E-state index contributed by atoms with van der Waals surface area (Å²) in [5.41, 5.74) is 1.03. The molecule has 0 aliphatic rings. The topological polar surface area (TPSA) is 24.9 Å². The van der Waals surface area contributed by atoms with E-state index < -0.39 is 0 Å². The van der Waals surface area contributed by atoms with Gasteiger partial charge in [-0.3, -0.25) is 4.98 Å². The molecule has 0 radical (unpaired) electrons. The molecule has 0 bridgehead atoms. The van der Waals surface area contributed by atoms with Crippen LogP contribution in [-0.4, -0.2) is 12.0 Å². The zero-order chi connectivity index (χ0) is 10.4. The normalized spacial score (nSPS) is 11.6. The van der Waals surface area contributed by atoms with Crippen LogP contribution in [0.15, 0.2) is 22.8 Å². The van der Waals surface area contributed by atoms with Crippen molar-refractivity contribution in [1.82, 2.24) is 10.3 Å². The first kappa shape index (κ1) is 11.2. The summed E-state index contributed by atoms with van der Waals surface area (Å²) in [5.74, 6) is 5.93. The smallest absolute Gasteiger partial charge is 0.0603 e. The minimum atomic E-state index is 0.218. The molecule has 0 aliphatic heterocycles. The highest BCUT2D eigenvalue weighted by atomic mass is 79.9. The van der Waals surface area contributed by atoms with Gasteiger partial charge in [0.1, 0.15) is 0 Å². The average Bonchev–Trinajstić information content (AvgIpc) is 2.21. The lowest BCUT2D eigenvalue weighted by Crippen LogP contribution is -2.16. The van der Waals surface area contributed by atoms with E-state index >= 15 is 0 Å². The van der Waals surface area contributed by atoms with E-state index in [2.05, 4.69) is 38.1 Å². The van der Waals surface area contributed by atoms with E-state index in [-0.39, 0.29) is 6.04 Å². The zero-order valence-corrected chi connectivity index (χ0v) is 9.93. The van der Waals surface area contributed by atoms with Crippen LogP contribution in [0.5, 0.6) is 0 Å². The maximum Gasteiger partial charge on any atom is 0.0603 e. The molecular formula is C11H13BrN2. The molecule has 14 heavy (non-hydrogen) atoms. The summed E-state index contributed by atoms with van der Waals surface area (Å²) in [4.78, 5) is 4.33. The van der Waals surface area contributed by atoms with Gasteiger partial charge in [-0.2, -0.15) is 0 Å². The van der Waals surface area contributed by atoms with Crippen LogP contribution in [0.1, 0.15) is 25.1 Å². The number of rotatable bonds is 3. The van der Waals surface area contributed by atoms with Crippen LogP contribution >= 0.6 is 15.9 Å². The van der Waals surface area contributed by atoms with Gasteiger partial charge in [-0.1, -0.05) is 0 Å². The predicted molar refractivity (Wildman–Crippen MR) is 61.8 cm³/mol. The molecule has 0 spiro atoms. The average molecular weight is 253 g/mol. The maximum absolute atomic E-state index is 4.33. The molecule has 0 aromatic carbocycles. The maximum atomic E-state index is 4.33. The van der Waals surface area contributed by atoms with Crippen molar-refractivity contribution in [3.05, 3.63) is 28.5 Å². The molecule has 0 amide bonds. The molecule has 0 saturated carbocycles. The number of pyridine rings is 1. The number of halogens is 1. The van der Waals surface area contributed by atoms with Crippen molar-refractivity contribution in [2.75, 3.05) is 7.05 Å². The molecule has 1 aromatic heterocycles. The van der Waals surface area contributed by atoms with Gasteiger partial charge in [-0.25, -0.2) is 0 Å². The summed E-state index contributed by atoms with van der Waals surface area (Å²) < 4.78 is 0.998. The fourth-order valence-electron chi connectivity index (χ4n) is 1.15. The summed E-state index contributed by atoms with van der Waals surface area (Å²) in [5, 5.41) is 3.19. The van der Waals surface area contributed by atoms with Gasteiger partial charge in [0.25, 0.3) is 0 Å². The molecule has 74 valence electrons.